The molecule has 1 heterocycles. The Morgan fingerprint density at radius 2 is 1.87 bits per heavy atom. The SMILES string of the molecule is CC(C)(C)OC(=O)N1CC(O)(C(N)=O)C1. The maximum Gasteiger partial charge on any atom is 0.410 e. The van der Waals surface area contributed by atoms with Crippen LogP contribution in [0, 0.1) is 0 Å². The highest BCUT2D eigenvalue weighted by Crippen LogP contribution is 2.22. The van der Waals surface area contributed by atoms with Gasteiger partial charge >= 0.3 is 6.09 Å². The van der Waals surface area contributed by atoms with E-state index in [1.807, 2.05) is 0 Å². The van der Waals surface area contributed by atoms with E-state index in [9.17, 15) is 14.7 Å². The molecule has 2 amide bonds. The van der Waals surface area contributed by atoms with E-state index in [2.05, 4.69) is 0 Å². The van der Waals surface area contributed by atoms with Crippen LogP contribution in [0.25, 0.3) is 0 Å². The minimum Gasteiger partial charge on any atom is -0.444 e. The van der Waals surface area contributed by atoms with Gasteiger partial charge in [0.05, 0.1) is 13.1 Å². The van der Waals surface area contributed by atoms with Gasteiger partial charge in [-0.2, -0.15) is 0 Å². The molecule has 86 valence electrons. The number of rotatable bonds is 1. The Morgan fingerprint density at radius 1 is 1.40 bits per heavy atom. The van der Waals surface area contributed by atoms with Crippen molar-refractivity contribution in [1.82, 2.24) is 4.90 Å². The van der Waals surface area contributed by atoms with Crippen LogP contribution in [0.5, 0.6) is 0 Å². The molecule has 1 aliphatic rings. The number of primary amides is 1. The molecule has 0 aromatic carbocycles. The molecule has 3 N–H and O–H groups in total. The number of β-amino-alcohol motifs (C(OH)–C–C–N with tert-alkyl or cyclic N) is 1. The van der Waals surface area contributed by atoms with E-state index in [-0.39, 0.29) is 13.1 Å². The predicted molar refractivity (Wildman–Crippen MR) is 52.0 cm³/mol. The number of amides is 2. The van der Waals surface area contributed by atoms with Crippen molar-refractivity contribution in [2.24, 2.45) is 5.73 Å². The van der Waals surface area contributed by atoms with E-state index in [0.717, 1.165) is 0 Å². The van der Waals surface area contributed by atoms with Crippen LogP contribution in [0.2, 0.25) is 0 Å². The third-order valence-corrected chi connectivity index (χ3v) is 2.02. The fourth-order valence-corrected chi connectivity index (χ4v) is 1.20. The van der Waals surface area contributed by atoms with Crippen LogP contribution >= 0.6 is 0 Å². The lowest BCUT2D eigenvalue weighted by atomic mass is 9.94. The molecule has 1 aliphatic heterocycles. The molecule has 1 fully saturated rings. The third kappa shape index (κ3) is 2.59. The van der Waals surface area contributed by atoms with Gasteiger partial charge in [0.2, 0.25) is 0 Å². The quantitative estimate of drug-likeness (QED) is 0.615. The topological polar surface area (TPSA) is 92.9 Å². The molecule has 0 spiro atoms. The second-order valence-corrected chi connectivity index (χ2v) is 4.73. The minimum absolute atomic E-state index is 0.1000. The van der Waals surface area contributed by atoms with Crippen molar-refractivity contribution in [3.05, 3.63) is 0 Å². The van der Waals surface area contributed by atoms with Crippen LogP contribution in [-0.4, -0.2) is 46.3 Å². The molecule has 6 heteroatoms. The van der Waals surface area contributed by atoms with E-state index in [1.165, 1.54) is 4.90 Å². The molecule has 6 nitrogen and oxygen atoms in total. The smallest absolute Gasteiger partial charge is 0.410 e. The first-order valence-electron chi connectivity index (χ1n) is 4.64. The summed E-state index contributed by atoms with van der Waals surface area (Å²) >= 11 is 0. The third-order valence-electron chi connectivity index (χ3n) is 2.02. The maximum absolute atomic E-state index is 11.4. The number of likely N-dealkylation sites (tertiary alicyclic amines) is 1. The minimum atomic E-state index is -1.59. The van der Waals surface area contributed by atoms with Gasteiger partial charge in [-0.3, -0.25) is 4.79 Å². The van der Waals surface area contributed by atoms with Gasteiger partial charge in [-0.25, -0.2) is 4.79 Å². The molecular formula is C9H16N2O4. The molecule has 1 rings (SSSR count). The van der Waals surface area contributed by atoms with Crippen molar-refractivity contribution in [3.63, 3.8) is 0 Å². The normalized spacial score (nSPS) is 19.3. The summed E-state index contributed by atoms with van der Waals surface area (Å²) < 4.78 is 5.04. The molecule has 0 radical (unpaired) electrons. The Labute approximate surface area is 88.0 Å². The fourth-order valence-electron chi connectivity index (χ4n) is 1.20. The summed E-state index contributed by atoms with van der Waals surface area (Å²) in [7, 11) is 0. The van der Waals surface area contributed by atoms with Crippen molar-refractivity contribution >= 4 is 12.0 Å². The number of carbonyl (C=O) groups excluding carboxylic acids is 2. The number of aliphatic hydroxyl groups is 1. The largest absolute Gasteiger partial charge is 0.444 e. The van der Waals surface area contributed by atoms with Crippen molar-refractivity contribution < 1.29 is 19.4 Å². The summed E-state index contributed by atoms with van der Waals surface area (Å²) in [6.07, 6.45) is -0.548. The molecular weight excluding hydrogens is 200 g/mol. The first kappa shape index (κ1) is 11.8. The first-order valence-corrected chi connectivity index (χ1v) is 4.64. The Hall–Kier alpha value is -1.30. The Morgan fingerprint density at radius 3 is 2.20 bits per heavy atom. The summed E-state index contributed by atoms with van der Waals surface area (Å²) in [5.74, 6) is -0.817. The van der Waals surface area contributed by atoms with E-state index < -0.39 is 23.2 Å². The van der Waals surface area contributed by atoms with Crippen LogP contribution in [0.15, 0.2) is 0 Å². The Kier molecular flexibility index (Phi) is 2.65. The molecule has 0 aliphatic carbocycles. The average Bonchev–Trinajstić information content (AvgIpc) is 1.94. The van der Waals surface area contributed by atoms with Crippen LogP contribution in [0.1, 0.15) is 20.8 Å². The standard InChI is InChI=1S/C9H16N2O4/c1-8(2,3)15-7(13)11-4-9(14,5-11)6(10)12/h14H,4-5H2,1-3H3,(H2,10,12). The highest BCUT2D eigenvalue weighted by atomic mass is 16.6. The number of hydrogen-bond acceptors (Lipinski definition) is 4. The summed E-state index contributed by atoms with van der Waals surface area (Å²) in [5, 5.41) is 9.48. The summed E-state index contributed by atoms with van der Waals surface area (Å²) in [4.78, 5) is 23.4. The number of hydrogen-bond donors (Lipinski definition) is 2. The van der Waals surface area contributed by atoms with Crippen LogP contribution in [-0.2, 0) is 9.53 Å². The van der Waals surface area contributed by atoms with Gasteiger partial charge in [0, 0.05) is 0 Å². The van der Waals surface area contributed by atoms with Crippen LogP contribution in [0.3, 0.4) is 0 Å². The van der Waals surface area contributed by atoms with Crippen molar-refractivity contribution in [1.29, 1.82) is 0 Å². The summed E-state index contributed by atoms with van der Waals surface area (Å²) in [6.45, 7) is 5.02. The highest BCUT2D eigenvalue weighted by Gasteiger charge is 2.49. The molecule has 0 atom stereocenters. The van der Waals surface area contributed by atoms with Crippen LogP contribution in [0.4, 0.5) is 4.79 Å². The Bertz CT molecular complexity index is 289. The fraction of sp³-hybridized carbons (Fsp3) is 0.778. The zero-order valence-corrected chi connectivity index (χ0v) is 9.11. The second kappa shape index (κ2) is 3.37. The summed E-state index contributed by atoms with van der Waals surface area (Å²) in [5.41, 5.74) is 2.78. The summed E-state index contributed by atoms with van der Waals surface area (Å²) in [6, 6.07) is 0. The first-order chi connectivity index (χ1) is 6.64. The highest BCUT2D eigenvalue weighted by molar-refractivity contribution is 5.87. The van der Waals surface area contributed by atoms with E-state index in [0.29, 0.717) is 0 Å². The van der Waals surface area contributed by atoms with Gasteiger partial charge in [-0.05, 0) is 20.8 Å². The number of ether oxygens (including phenoxy) is 1. The number of nitrogens with zero attached hydrogens (tertiary/aromatic N) is 1. The van der Waals surface area contributed by atoms with E-state index in [1.54, 1.807) is 20.8 Å². The van der Waals surface area contributed by atoms with Crippen molar-refractivity contribution in [3.8, 4) is 0 Å². The second-order valence-electron chi connectivity index (χ2n) is 4.73. The number of carbonyl (C=O) groups is 2. The zero-order valence-electron chi connectivity index (χ0n) is 9.11. The molecule has 1 saturated heterocycles. The number of nitrogens with two attached hydrogens (primary N) is 1. The lowest BCUT2D eigenvalue weighted by Gasteiger charge is -2.43. The van der Waals surface area contributed by atoms with Crippen molar-refractivity contribution in [2.75, 3.05) is 13.1 Å². The predicted octanol–water partition coefficient (Wildman–Crippen LogP) is -0.547. The van der Waals surface area contributed by atoms with Crippen molar-refractivity contribution in [2.45, 2.75) is 32.0 Å². The molecule has 0 saturated carbocycles. The van der Waals surface area contributed by atoms with Gasteiger partial charge in [-0.1, -0.05) is 0 Å². The lowest BCUT2D eigenvalue weighted by Crippen LogP contribution is -2.69. The van der Waals surface area contributed by atoms with Gasteiger partial charge in [0.25, 0.3) is 5.91 Å². The maximum atomic E-state index is 11.4. The molecule has 0 bridgehead atoms. The zero-order chi connectivity index (χ0) is 11.9. The van der Waals surface area contributed by atoms with Gasteiger partial charge in [0.1, 0.15) is 5.60 Å². The van der Waals surface area contributed by atoms with E-state index >= 15 is 0 Å². The molecule has 0 aromatic rings. The Balaban J connectivity index is 2.46. The molecule has 0 aromatic heterocycles. The van der Waals surface area contributed by atoms with Gasteiger partial charge in [0.15, 0.2) is 5.60 Å². The average molecular weight is 216 g/mol. The van der Waals surface area contributed by atoms with Gasteiger partial charge < -0.3 is 20.5 Å². The van der Waals surface area contributed by atoms with Crippen LogP contribution < -0.4 is 5.73 Å². The monoisotopic (exact) mass is 216 g/mol. The molecule has 15 heavy (non-hydrogen) atoms. The van der Waals surface area contributed by atoms with E-state index in [4.69, 9.17) is 10.5 Å². The lowest BCUT2D eigenvalue weighted by molar-refractivity contribution is -0.153. The molecule has 0 unspecified atom stereocenters. The van der Waals surface area contributed by atoms with Gasteiger partial charge in [-0.15, -0.1) is 0 Å².